The van der Waals surface area contributed by atoms with Crippen molar-refractivity contribution < 1.29 is 19.2 Å². The van der Waals surface area contributed by atoms with Crippen LogP contribution in [0.5, 0.6) is 0 Å². The van der Waals surface area contributed by atoms with Gasteiger partial charge in [0.25, 0.3) is 11.8 Å². The average Bonchev–Trinajstić information content (AvgIpc) is 3.85. The first kappa shape index (κ1) is 32.3. The quantitative estimate of drug-likeness (QED) is 0.248. The van der Waals surface area contributed by atoms with Gasteiger partial charge in [-0.3, -0.25) is 19.3 Å². The molecular formula is C36H45N5O4S. The van der Waals surface area contributed by atoms with Gasteiger partial charge in [0.05, 0.1) is 16.5 Å². The molecule has 6 rings (SSSR count). The Morgan fingerprint density at radius 3 is 2.26 bits per heavy atom. The van der Waals surface area contributed by atoms with Crippen LogP contribution in [0.2, 0.25) is 0 Å². The molecule has 2 aromatic carbocycles. The lowest BCUT2D eigenvalue weighted by Crippen LogP contribution is -2.64. The normalized spacial score (nSPS) is 19.8. The first-order valence-electron chi connectivity index (χ1n) is 16.8. The predicted octanol–water partition coefficient (Wildman–Crippen LogP) is 4.93. The molecule has 0 bridgehead atoms. The van der Waals surface area contributed by atoms with Crippen molar-refractivity contribution in [2.45, 2.75) is 87.7 Å². The standard InChI is InChI=1S/C36H45N5O4S/c37-35(17-6-7-18-35)31(42)30(26-14-21-38-22-15-26)39-34(45)41(23-16-25-10-2-1-3-11-25)33(44)36(19-8-9-20-36)40-32(43)29-24-27-12-4-5-13-28(27)46-29/h1-5,10-13,24,26,30,38H,6-9,14-23,37H2,(H,39,45)(H,40,43)/t30-/m1/s1. The number of nitrogens with one attached hydrogen (secondary N) is 3. The number of benzene rings is 2. The van der Waals surface area contributed by atoms with E-state index in [1.165, 1.54) is 16.2 Å². The van der Waals surface area contributed by atoms with Crippen molar-refractivity contribution in [3.8, 4) is 0 Å². The first-order chi connectivity index (χ1) is 22.3. The van der Waals surface area contributed by atoms with E-state index in [2.05, 4.69) is 16.0 Å². The Labute approximate surface area is 274 Å². The summed E-state index contributed by atoms with van der Waals surface area (Å²) in [5.41, 5.74) is 5.48. The molecule has 244 valence electrons. The molecule has 0 radical (unpaired) electrons. The molecule has 2 aliphatic carbocycles. The predicted molar refractivity (Wildman–Crippen MR) is 181 cm³/mol. The van der Waals surface area contributed by atoms with Crippen molar-refractivity contribution in [2.75, 3.05) is 19.6 Å². The number of fused-ring (bicyclic) bond motifs is 1. The van der Waals surface area contributed by atoms with Gasteiger partial charge in [0.2, 0.25) is 0 Å². The highest BCUT2D eigenvalue weighted by Gasteiger charge is 2.48. The van der Waals surface area contributed by atoms with Crippen molar-refractivity contribution in [3.05, 3.63) is 71.1 Å². The minimum Gasteiger partial charge on any atom is -0.337 e. The van der Waals surface area contributed by atoms with Crippen molar-refractivity contribution in [1.82, 2.24) is 20.9 Å². The fourth-order valence-electron chi connectivity index (χ4n) is 7.53. The average molecular weight is 644 g/mol. The van der Waals surface area contributed by atoms with E-state index < -0.39 is 29.1 Å². The molecule has 3 aliphatic rings. The summed E-state index contributed by atoms with van der Waals surface area (Å²) in [5.74, 6) is -0.936. The van der Waals surface area contributed by atoms with Gasteiger partial charge in [0, 0.05) is 11.2 Å². The first-order valence-corrected chi connectivity index (χ1v) is 17.6. The van der Waals surface area contributed by atoms with E-state index in [0.29, 0.717) is 37.0 Å². The Morgan fingerprint density at radius 2 is 1.57 bits per heavy atom. The Kier molecular flexibility index (Phi) is 9.86. The van der Waals surface area contributed by atoms with Crippen LogP contribution >= 0.6 is 11.3 Å². The lowest BCUT2D eigenvalue weighted by Gasteiger charge is -2.38. The molecule has 10 heteroatoms. The summed E-state index contributed by atoms with van der Waals surface area (Å²) >= 11 is 1.39. The smallest absolute Gasteiger partial charge is 0.324 e. The van der Waals surface area contributed by atoms with E-state index in [9.17, 15) is 19.2 Å². The minimum atomic E-state index is -1.21. The third-order valence-electron chi connectivity index (χ3n) is 10.2. The van der Waals surface area contributed by atoms with Crippen LogP contribution in [0.4, 0.5) is 4.79 Å². The number of hydrogen-bond donors (Lipinski definition) is 4. The van der Waals surface area contributed by atoms with Crippen LogP contribution in [0, 0.1) is 5.92 Å². The number of thiophene rings is 1. The van der Waals surface area contributed by atoms with E-state index in [0.717, 1.165) is 67.3 Å². The zero-order valence-electron chi connectivity index (χ0n) is 26.4. The topological polar surface area (TPSA) is 134 Å². The van der Waals surface area contributed by atoms with E-state index >= 15 is 0 Å². The number of amides is 4. The Hall–Kier alpha value is -3.60. The number of nitrogens with zero attached hydrogens (tertiary/aromatic N) is 1. The third kappa shape index (κ3) is 6.89. The summed E-state index contributed by atoms with van der Waals surface area (Å²) in [7, 11) is 0. The number of urea groups is 1. The lowest BCUT2D eigenvalue weighted by atomic mass is 9.80. The van der Waals surface area contributed by atoms with Gasteiger partial charge in [-0.1, -0.05) is 74.2 Å². The van der Waals surface area contributed by atoms with Gasteiger partial charge in [-0.05, 0) is 87.0 Å². The summed E-state index contributed by atoms with van der Waals surface area (Å²) in [4.78, 5) is 58.5. The number of carbonyl (C=O) groups is 4. The molecule has 0 unspecified atom stereocenters. The third-order valence-corrected chi connectivity index (χ3v) is 11.3. The molecule has 9 nitrogen and oxygen atoms in total. The molecule has 3 aromatic rings. The number of Topliss-reactive ketones (excluding diaryl/α,β-unsaturated/α-hetero) is 1. The zero-order valence-corrected chi connectivity index (χ0v) is 27.2. The SMILES string of the molecule is NC1(C(=O)[C@H](NC(=O)N(CCc2ccccc2)C(=O)C2(NC(=O)c3cc4ccccc4s3)CCCC2)C2CCNCC2)CCCC1. The maximum atomic E-state index is 14.7. The van der Waals surface area contributed by atoms with Gasteiger partial charge in [0.1, 0.15) is 5.54 Å². The summed E-state index contributed by atoms with van der Waals surface area (Å²) in [5, 5.41) is 10.5. The van der Waals surface area contributed by atoms with Crippen LogP contribution in [0.25, 0.3) is 10.1 Å². The summed E-state index contributed by atoms with van der Waals surface area (Å²) in [6.07, 6.45) is 7.32. The molecule has 1 atom stereocenters. The lowest BCUT2D eigenvalue weighted by molar-refractivity contribution is -0.135. The number of hydrogen-bond acceptors (Lipinski definition) is 7. The fourth-order valence-corrected chi connectivity index (χ4v) is 8.49. The molecule has 1 aromatic heterocycles. The van der Waals surface area contributed by atoms with Crippen LogP contribution < -0.4 is 21.7 Å². The highest BCUT2D eigenvalue weighted by atomic mass is 32.1. The van der Waals surface area contributed by atoms with Crippen LogP contribution in [0.1, 0.15) is 79.4 Å². The highest BCUT2D eigenvalue weighted by molar-refractivity contribution is 7.20. The molecule has 1 saturated heterocycles. The van der Waals surface area contributed by atoms with Crippen LogP contribution in [0.15, 0.2) is 60.7 Å². The Morgan fingerprint density at radius 1 is 0.913 bits per heavy atom. The molecule has 3 fully saturated rings. The molecule has 0 spiro atoms. The van der Waals surface area contributed by atoms with E-state index in [-0.39, 0.29) is 24.2 Å². The van der Waals surface area contributed by atoms with Gasteiger partial charge in [-0.25, -0.2) is 4.79 Å². The highest BCUT2D eigenvalue weighted by Crippen LogP contribution is 2.35. The number of rotatable bonds is 10. The van der Waals surface area contributed by atoms with E-state index in [1.54, 1.807) is 0 Å². The second-order valence-electron chi connectivity index (χ2n) is 13.3. The van der Waals surface area contributed by atoms with Gasteiger partial charge in [-0.2, -0.15) is 0 Å². The van der Waals surface area contributed by atoms with Gasteiger partial charge >= 0.3 is 6.03 Å². The summed E-state index contributed by atoms with van der Waals surface area (Å²) in [6.45, 7) is 1.63. The molecule has 4 amide bonds. The summed E-state index contributed by atoms with van der Waals surface area (Å²) in [6, 6.07) is 18.0. The van der Waals surface area contributed by atoms with Gasteiger partial charge in [0.15, 0.2) is 5.78 Å². The Balaban J connectivity index is 1.28. The molecule has 46 heavy (non-hydrogen) atoms. The van der Waals surface area contributed by atoms with Crippen molar-refractivity contribution >= 4 is 45.1 Å². The number of imide groups is 1. The molecule has 5 N–H and O–H groups in total. The molecular weight excluding hydrogens is 598 g/mol. The monoisotopic (exact) mass is 643 g/mol. The number of ketones is 1. The van der Waals surface area contributed by atoms with Crippen molar-refractivity contribution in [3.63, 3.8) is 0 Å². The Bertz CT molecular complexity index is 1520. The van der Waals surface area contributed by atoms with Crippen molar-refractivity contribution in [2.24, 2.45) is 11.7 Å². The fraction of sp³-hybridized carbons (Fsp3) is 0.500. The number of carbonyl (C=O) groups excluding carboxylic acids is 4. The number of nitrogens with two attached hydrogens (primary N) is 1. The summed E-state index contributed by atoms with van der Waals surface area (Å²) < 4.78 is 0.997. The maximum Gasteiger partial charge on any atom is 0.324 e. The maximum absolute atomic E-state index is 14.7. The van der Waals surface area contributed by atoms with E-state index in [1.807, 2.05) is 60.7 Å². The number of piperidine rings is 1. The van der Waals surface area contributed by atoms with Crippen LogP contribution in [0.3, 0.4) is 0 Å². The van der Waals surface area contributed by atoms with E-state index in [4.69, 9.17) is 5.73 Å². The largest absolute Gasteiger partial charge is 0.337 e. The van der Waals surface area contributed by atoms with Gasteiger partial charge < -0.3 is 21.7 Å². The molecule has 2 heterocycles. The molecule has 1 aliphatic heterocycles. The second kappa shape index (κ2) is 14.0. The van der Waals surface area contributed by atoms with Crippen LogP contribution in [-0.4, -0.2) is 65.3 Å². The van der Waals surface area contributed by atoms with Crippen LogP contribution in [-0.2, 0) is 16.0 Å². The zero-order chi connectivity index (χ0) is 32.1. The minimum absolute atomic E-state index is 0.0714. The second-order valence-corrected chi connectivity index (χ2v) is 14.4. The van der Waals surface area contributed by atoms with Crippen molar-refractivity contribution in [1.29, 1.82) is 0 Å². The molecule has 2 saturated carbocycles. The van der Waals surface area contributed by atoms with Gasteiger partial charge in [-0.15, -0.1) is 11.3 Å².